The van der Waals surface area contributed by atoms with Crippen molar-refractivity contribution >= 4 is 5.96 Å². The molecule has 6 nitrogen and oxygen atoms in total. The Balaban J connectivity index is 1.61. The Bertz CT molecular complexity index is 587. The first kappa shape index (κ1) is 21.5. The van der Waals surface area contributed by atoms with Crippen LogP contribution in [0.2, 0.25) is 0 Å². The van der Waals surface area contributed by atoms with Gasteiger partial charge in [-0.1, -0.05) is 5.16 Å². The normalized spacial score (nSPS) is 17.3. The Morgan fingerprint density at radius 3 is 2.44 bits per heavy atom. The average Bonchev–Trinajstić information content (AvgIpc) is 2.92. The van der Waals surface area contributed by atoms with E-state index in [0.717, 1.165) is 61.7 Å². The Labute approximate surface area is 158 Å². The van der Waals surface area contributed by atoms with Crippen molar-refractivity contribution in [2.75, 3.05) is 39.8 Å². The van der Waals surface area contributed by atoms with Gasteiger partial charge in [0.05, 0.1) is 12.2 Å². The number of halogens is 3. The van der Waals surface area contributed by atoms with Crippen LogP contribution in [0.4, 0.5) is 13.2 Å². The maximum Gasteiger partial charge on any atom is 0.401 e. The second-order valence-electron chi connectivity index (χ2n) is 7.10. The number of aryl methyl sites for hydroxylation is 2. The van der Waals surface area contributed by atoms with Gasteiger partial charge in [0, 0.05) is 25.7 Å². The molecule has 0 unspecified atom stereocenters. The van der Waals surface area contributed by atoms with Gasteiger partial charge in [-0.2, -0.15) is 13.2 Å². The van der Waals surface area contributed by atoms with Crippen molar-refractivity contribution < 1.29 is 17.7 Å². The number of aromatic nitrogens is 1. The fraction of sp³-hybridized carbons (Fsp3) is 0.778. The Kier molecular flexibility index (Phi) is 7.94. The highest BCUT2D eigenvalue weighted by molar-refractivity contribution is 5.79. The predicted molar refractivity (Wildman–Crippen MR) is 98.9 cm³/mol. The molecule has 9 heteroatoms. The summed E-state index contributed by atoms with van der Waals surface area (Å²) >= 11 is 0. The van der Waals surface area contributed by atoms with E-state index in [1.165, 1.54) is 4.90 Å². The zero-order chi connectivity index (χ0) is 19.9. The fourth-order valence-corrected chi connectivity index (χ4v) is 3.47. The summed E-state index contributed by atoms with van der Waals surface area (Å²) < 4.78 is 42.4. The summed E-state index contributed by atoms with van der Waals surface area (Å²) in [7, 11) is 1.72. The summed E-state index contributed by atoms with van der Waals surface area (Å²) in [6, 6.07) is 0. The van der Waals surface area contributed by atoms with Crippen LogP contribution in [0.1, 0.15) is 36.3 Å². The van der Waals surface area contributed by atoms with Crippen molar-refractivity contribution in [3.05, 3.63) is 17.0 Å². The third kappa shape index (κ3) is 7.40. The van der Waals surface area contributed by atoms with Crippen molar-refractivity contribution in [2.24, 2.45) is 10.9 Å². The van der Waals surface area contributed by atoms with E-state index in [2.05, 4.69) is 20.8 Å². The summed E-state index contributed by atoms with van der Waals surface area (Å²) in [6.45, 7) is 5.57. The molecule has 1 aliphatic rings. The molecule has 0 radical (unpaired) electrons. The van der Waals surface area contributed by atoms with Gasteiger partial charge in [-0.05, 0) is 58.5 Å². The van der Waals surface area contributed by atoms with Crippen molar-refractivity contribution in [2.45, 2.75) is 45.7 Å². The van der Waals surface area contributed by atoms with Crippen molar-refractivity contribution in [3.8, 4) is 0 Å². The predicted octanol–water partition coefficient (Wildman–Crippen LogP) is 2.66. The molecule has 154 valence electrons. The third-order valence-corrected chi connectivity index (χ3v) is 5.03. The molecule has 27 heavy (non-hydrogen) atoms. The number of piperidine rings is 1. The standard InChI is InChI=1S/C18H30F3N5O/c1-13-16(14(2)27-25-13)5-9-24-17(22-3)23-8-4-15-6-10-26(11-7-15)12-18(19,20)21/h15H,4-12H2,1-3H3,(H2,22,23,24). The van der Waals surface area contributed by atoms with Crippen LogP contribution in [0.3, 0.4) is 0 Å². The molecule has 2 heterocycles. The monoisotopic (exact) mass is 389 g/mol. The Hall–Kier alpha value is -1.77. The summed E-state index contributed by atoms with van der Waals surface area (Å²) in [5, 5.41) is 10.5. The van der Waals surface area contributed by atoms with Crippen molar-refractivity contribution in [1.29, 1.82) is 0 Å². The molecule has 1 aromatic heterocycles. The van der Waals surface area contributed by atoms with Crippen molar-refractivity contribution in [3.63, 3.8) is 0 Å². The largest absolute Gasteiger partial charge is 0.401 e. The fourth-order valence-electron chi connectivity index (χ4n) is 3.47. The first-order chi connectivity index (χ1) is 12.8. The highest BCUT2D eigenvalue weighted by Crippen LogP contribution is 2.23. The molecule has 1 aliphatic heterocycles. The molecule has 0 saturated carbocycles. The van der Waals surface area contributed by atoms with Crippen LogP contribution in [0.15, 0.2) is 9.52 Å². The maximum atomic E-state index is 12.4. The maximum absolute atomic E-state index is 12.4. The average molecular weight is 389 g/mol. The number of likely N-dealkylation sites (tertiary alicyclic amines) is 1. The lowest BCUT2D eigenvalue weighted by molar-refractivity contribution is -0.148. The zero-order valence-electron chi connectivity index (χ0n) is 16.3. The molecule has 0 spiro atoms. The van der Waals surface area contributed by atoms with Gasteiger partial charge in [0.1, 0.15) is 5.76 Å². The molecule has 0 atom stereocenters. The highest BCUT2D eigenvalue weighted by atomic mass is 19.4. The van der Waals surface area contributed by atoms with Crippen LogP contribution in [0, 0.1) is 19.8 Å². The molecule has 0 aliphatic carbocycles. The first-order valence-electron chi connectivity index (χ1n) is 9.44. The molecule has 2 rings (SSSR count). The van der Waals surface area contributed by atoms with Gasteiger partial charge < -0.3 is 15.2 Å². The highest BCUT2D eigenvalue weighted by Gasteiger charge is 2.32. The summed E-state index contributed by atoms with van der Waals surface area (Å²) in [4.78, 5) is 5.71. The summed E-state index contributed by atoms with van der Waals surface area (Å²) in [5.41, 5.74) is 2.03. The van der Waals surface area contributed by atoms with Gasteiger partial charge >= 0.3 is 6.18 Å². The van der Waals surface area contributed by atoms with E-state index in [1.54, 1.807) is 7.05 Å². The van der Waals surface area contributed by atoms with E-state index in [0.29, 0.717) is 19.0 Å². The van der Waals surface area contributed by atoms with E-state index in [9.17, 15) is 13.2 Å². The summed E-state index contributed by atoms with van der Waals surface area (Å²) in [6.07, 6.45) is -0.730. The number of aliphatic imine (C=N–C) groups is 1. The van der Waals surface area contributed by atoms with E-state index < -0.39 is 12.7 Å². The zero-order valence-corrected chi connectivity index (χ0v) is 16.3. The quantitative estimate of drug-likeness (QED) is 0.554. The van der Waals surface area contributed by atoms with Crippen LogP contribution >= 0.6 is 0 Å². The topological polar surface area (TPSA) is 65.7 Å². The SMILES string of the molecule is CN=C(NCCc1c(C)noc1C)NCCC1CCN(CC(F)(F)F)CC1. The number of rotatable bonds is 7. The van der Waals surface area contributed by atoms with E-state index in [1.807, 2.05) is 13.8 Å². The Morgan fingerprint density at radius 2 is 1.89 bits per heavy atom. The second kappa shape index (κ2) is 9.96. The smallest absolute Gasteiger partial charge is 0.361 e. The molecule has 1 aromatic rings. The minimum atomic E-state index is -4.10. The minimum absolute atomic E-state index is 0.461. The van der Waals surface area contributed by atoms with Crippen molar-refractivity contribution in [1.82, 2.24) is 20.7 Å². The summed E-state index contributed by atoms with van der Waals surface area (Å²) in [5.74, 6) is 2.03. The number of hydrogen-bond acceptors (Lipinski definition) is 4. The van der Waals surface area contributed by atoms with Gasteiger partial charge in [-0.3, -0.25) is 9.89 Å². The molecule has 0 aromatic carbocycles. The molecule has 0 amide bonds. The number of nitrogens with zero attached hydrogens (tertiary/aromatic N) is 3. The van der Waals surface area contributed by atoms with Gasteiger partial charge in [-0.25, -0.2) is 0 Å². The van der Waals surface area contributed by atoms with Gasteiger partial charge in [0.2, 0.25) is 0 Å². The Morgan fingerprint density at radius 1 is 1.22 bits per heavy atom. The van der Waals surface area contributed by atoms with Gasteiger partial charge in [0.25, 0.3) is 0 Å². The van der Waals surface area contributed by atoms with Gasteiger partial charge in [-0.15, -0.1) is 0 Å². The van der Waals surface area contributed by atoms with Crippen LogP contribution < -0.4 is 10.6 Å². The van der Waals surface area contributed by atoms with E-state index in [-0.39, 0.29) is 0 Å². The number of nitrogens with one attached hydrogen (secondary N) is 2. The molecular formula is C18H30F3N5O. The molecule has 1 saturated heterocycles. The lowest BCUT2D eigenvalue weighted by atomic mass is 9.93. The number of alkyl halides is 3. The third-order valence-electron chi connectivity index (χ3n) is 5.03. The van der Waals surface area contributed by atoms with Gasteiger partial charge in [0.15, 0.2) is 5.96 Å². The lowest BCUT2D eigenvalue weighted by Crippen LogP contribution is -2.42. The molecule has 0 bridgehead atoms. The van der Waals surface area contributed by atoms with E-state index in [4.69, 9.17) is 4.52 Å². The van der Waals surface area contributed by atoms with E-state index >= 15 is 0 Å². The second-order valence-corrected chi connectivity index (χ2v) is 7.10. The number of guanidine groups is 1. The molecular weight excluding hydrogens is 359 g/mol. The molecule has 1 fully saturated rings. The van der Waals surface area contributed by atoms with Crippen LogP contribution in [-0.2, 0) is 6.42 Å². The lowest BCUT2D eigenvalue weighted by Gasteiger charge is -2.32. The van der Waals surface area contributed by atoms with Crippen LogP contribution in [-0.4, -0.2) is 62.0 Å². The first-order valence-corrected chi connectivity index (χ1v) is 9.44. The molecule has 2 N–H and O–H groups in total. The minimum Gasteiger partial charge on any atom is -0.361 e. The van der Waals surface area contributed by atoms with Crippen LogP contribution in [0.5, 0.6) is 0 Å². The number of hydrogen-bond donors (Lipinski definition) is 2. The van der Waals surface area contributed by atoms with Crippen LogP contribution in [0.25, 0.3) is 0 Å².